The molecule has 16 heavy (non-hydrogen) atoms. The molecule has 0 aromatic rings. The molecule has 2 rings (SSSR count). The second-order valence-electron chi connectivity index (χ2n) is 5.35. The number of rotatable bonds is 6. The van der Waals surface area contributed by atoms with Gasteiger partial charge in [0.1, 0.15) is 0 Å². The predicted octanol–water partition coefficient (Wildman–Crippen LogP) is 1.24. The molecule has 3 atom stereocenters. The van der Waals surface area contributed by atoms with Crippen molar-refractivity contribution in [2.24, 2.45) is 11.7 Å². The highest BCUT2D eigenvalue weighted by Crippen LogP contribution is 2.31. The highest BCUT2D eigenvalue weighted by Gasteiger charge is 2.34. The van der Waals surface area contributed by atoms with Crippen LogP contribution < -0.4 is 16.4 Å². The lowest BCUT2D eigenvalue weighted by molar-refractivity contribution is 0.320. The Morgan fingerprint density at radius 2 is 2.06 bits per heavy atom. The minimum atomic E-state index is 0.772. The van der Waals surface area contributed by atoms with Crippen molar-refractivity contribution in [1.29, 1.82) is 0 Å². The van der Waals surface area contributed by atoms with Gasteiger partial charge in [0.25, 0.3) is 0 Å². The van der Waals surface area contributed by atoms with E-state index in [-0.39, 0.29) is 0 Å². The maximum absolute atomic E-state index is 5.51. The van der Waals surface area contributed by atoms with E-state index >= 15 is 0 Å². The van der Waals surface area contributed by atoms with Gasteiger partial charge in [0, 0.05) is 12.1 Å². The molecule has 0 aromatic carbocycles. The molecule has 1 heterocycles. The second kappa shape index (κ2) is 6.58. The van der Waals surface area contributed by atoms with E-state index < -0.39 is 0 Å². The van der Waals surface area contributed by atoms with Crippen molar-refractivity contribution in [3.8, 4) is 0 Å². The summed E-state index contributed by atoms with van der Waals surface area (Å²) in [5, 5.41) is 7.42. The van der Waals surface area contributed by atoms with Gasteiger partial charge in [0.05, 0.1) is 0 Å². The van der Waals surface area contributed by atoms with Crippen LogP contribution in [0.5, 0.6) is 0 Å². The molecule has 94 valence electrons. The fraction of sp³-hybridized carbons (Fsp3) is 1.00. The largest absolute Gasteiger partial charge is 0.330 e. The Balaban J connectivity index is 1.70. The summed E-state index contributed by atoms with van der Waals surface area (Å²) in [5.74, 6) is 0.889. The lowest BCUT2D eigenvalue weighted by atomic mass is 9.93. The molecule has 3 nitrogen and oxygen atoms in total. The van der Waals surface area contributed by atoms with Gasteiger partial charge in [-0.2, -0.15) is 0 Å². The summed E-state index contributed by atoms with van der Waals surface area (Å²) in [7, 11) is 0. The molecule has 0 bridgehead atoms. The fourth-order valence-electron chi connectivity index (χ4n) is 3.36. The van der Waals surface area contributed by atoms with Crippen molar-refractivity contribution >= 4 is 0 Å². The zero-order valence-electron chi connectivity index (χ0n) is 10.4. The van der Waals surface area contributed by atoms with Crippen LogP contribution in [0.25, 0.3) is 0 Å². The van der Waals surface area contributed by atoms with Gasteiger partial charge >= 0.3 is 0 Å². The molecule has 2 fully saturated rings. The van der Waals surface area contributed by atoms with E-state index in [4.69, 9.17) is 5.73 Å². The molecule has 4 N–H and O–H groups in total. The van der Waals surface area contributed by atoms with E-state index in [1.165, 1.54) is 45.1 Å². The van der Waals surface area contributed by atoms with Crippen molar-refractivity contribution in [3.05, 3.63) is 0 Å². The number of nitrogens with two attached hydrogens (primary N) is 1. The molecule has 1 saturated carbocycles. The smallest absolute Gasteiger partial charge is 0.0111 e. The van der Waals surface area contributed by atoms with E-state index in [2.05, 4.69) is 10.6 Å². The topological polar surface area (TPSA) is 50.1 Å². The summed E-state index contributed by atoms with van der Waals surface area (Å²) in [6.07, 6.45) is 9.38. The molecule has 2 aliphatic rings. The molecule has 1 saturated heterocycles. The zero-order chi connectivity index (χ0) is 11.2. The van der Waals surface area contributed by atoms with Crippen LogP contribution in [0.15, 0.2) is 0 Å². The molecular formula is C13H27N3. The van der Waals surface area contributed by atoms with E-state index in [1.807, 2.05) is 0 Å². The van der Waals surface area contributed by atoms with Crippen LogP contribution in [0, 0.1) is 5.92 Å². The average molecular weight is 225 g/mol. The van der Waals surface area contributed by atoms with E-state index in [1.54, 1.807) is 0 Å². The van der Waals surface area contributed by atoms with Gasteiger partial charge in [0.15, 0.2) is 0 Å². The number of hydrogen-bond acceptors (Lipinski definition) is 3. The van der Waals surface area contributed by atoms with Crippen LogP contribution in [0.3, 0.4) is 0 Å². The summed E-state index contributed by atoms with van der Waals surface area (Å²) in [6, 6.07) is 1.57. The van der Waals surface area contributed by atoms with E-state index in [0.29, 0.717) is 0 Å². The Labute approximate surface area is 99.5 Å². The molecule has 0 amide bonds. The third-order valence-electron chi connectivity index (χ3n) is 4.22. The van der Waals surface area contributed by atoms with Gasteiger partial charge in [-0.25, -0.2) is 0 Å². The molecule has 3 unspecified atom stereocenters. The Morgan fingerprint density at radius 1 is 1.12 bits per heavy atom. The second-order valence-corrected chi connectivity index (χ2v) is 5.35. The minimum Gasteiger partial charge on any atom is -0.330 e. The fourth-order valence-corrected chi connectivity index (χ4v) is 3.36. The van der Waals surface area contributed by atoms with Crippen molar-refractivity contribution in [1.82, 2.24) is 10.6 Å². The third kappa shape index (κ3) is 3.19. The monoisotopic (exact) mass is 225 g/mol. The zero-order valence-corrected chi connectivity index (χ0v) is 10.4. The van der Waals surface area contributed by atoms with Crippen molar-refractivity contribution in [2.45, 2.75) is 57.0 Å². The van der Waals surface area contributed by atoms with Gasteiger partial charge in [-0.3, -0.25) is 0 Å². The first-order valence-electron chi connectivity index (χ1n) is 7.08. The van der Waals surface area contributed by atoms with Crippen LogP contribution in [0.2, 0.25) is 0 Å². The minimum absolute atomic E-state index is 0.772. The Hall–Kier alpha value is -0.120. The van der Waals surface area contributed by atoms with Gasteiger partial charge in [-0.15, -0.1) is 0 Å². The number of unbranched alkanes of at least 4 members (excludes halogenated alkanes) is 1. The molecule has 0 radical (unpaired) electrons. The highest BCUT2D eigenvalue weighted by molar-refractivity contribution is 4.93. The summed E-state index contributed by atoms with van der Waals surface area (Å²) < 4.78 is 0. The Kier molecular flexibility index (Phi) is 5.07. The normalized spacial score (nSPS) is 34.7. The van der Waals surface area contributed by atoms with E-state index in [0.717, 1.165) is 37.5 Å². The van der Waals surface area contributed by atoms with Crippen molar-refractivity contribution in [2.75, 3.05) is 19.6 Å². The standard InChI is InChI=1S/C13H27N3/c14-8-1-2-9-15-12-6-3-5-11(12)13-7-4-10-16-13/h11-13,15-16H,1-10,14H2. The molecule has 3 heteroatoms. The van der Waals surface area contributed by atoms with Gasteiger partial charge < -0.3 is 16.4 Å². The summed E-state index contributed by atoms with van der Waals surface area (Å²) in [4.78, 5) is 0. The van der Waals surface area contributed by atoms with Crippen LogP contribution in [-0.2, 0) is 0 Å². The van der Waals surface area contributed by atoms with Crippen molar-refractivity contribution in [3.63, 3.8) is 0 Å². The molecule has 0 spiro atoms. The Bertz CT molecular complexity index is 190. The highest BCUT2D eigenvalue weighted by atomic mass is 15.0. The maximum atomic E-state index is 5.51. The van der Waals surface area contributed by atoms with Gasteiger partial charge in [-0.1, -0.05) is 6.42 Å². The first kappa shape index (κ1) is 12.3. The van der Waals surface area contributed by atoms with E-state index in [9.17, 15) is 0 Å². The molecule has 0 aromatic heterocycles. The number of nitrogens with one attached hydrogen (secondary N) is 2. The first-order chi connectivity index (χ1) is 7.92. The Morgan fingerprint density at radius 3 is 2.81 bits per heavy atom. The van der Waals surface area contributed by atoms with Gasteiger partial charge in [0.2, 0.25) is 0 Å². The number of hydrogen-bond donors (Lipinski definition) is 3. The first-order valence-corrected chi connectivity index (χ1v) is 7.08. The quantitative estimate of drug-likeness (QED) is 0.596. The maximum Gasteiger partial charge on any atom is 0.0111 e. The van der Waals surface area contributed by atoms with Crippen LogP contribution in [0.1, 0.15) is 44.9 Å². The van der Waals surface area contributed by atoms with Crippen molar-refractivity contribution < 1.29 is 0 Å². The van der Waals surface area contributed by atoms with Crippen LogP contribution >= 0.6 is 0 Å². The molecule has 1 aliphatic heterocycles. The summed E-state index contributed by atoms with van der Waals surface area (Å²) in [5.41, 5.74) is 5.51. The van der Waals surface area contributed by atoms with Gasteiger partial charge in [-0.05, 0) is 64.1 Å². The lowest BCUT2D eigenvalue weighted by Gasteiger charge is -2.26. The molecular weight excluding hydrogens is 198 g/mol. The SMILES string of the molecule is NCCCCNC1CCCC1C1CCCN1. The summed E-state index contributed by atoms with van der Waals surface area (Å²) in [6.45, 7) is 3.23. The lowest BCUT2D eigenvalue weighted by Crippen LogP contribution is -2.42. The average Bonchev–Trinajstić information content (AvgIpc) is 2.94. The third-order valence-corrected chi connectivity index (χ3v) is 4.22. The summed E-state index contributed by atoms with van der Waals surface area (Å²) >= 11 is 0. The predicted molar refractivity (Wildman–Crippen MR) is 68.4 cm³/mol. The van der Waals surface area contributed by atoms with Crippen LogP contribution in [0.4, 0.5) is 0 Å². The molecule has 1 aliphatic carbocycles. The van der Waals surface area contributed by atoms with Crippen LogP contribution in [-0.4, -0.2) is 31.7 Å².